The Morgan fingerprint density at radius 3 is 2.69 bits per heavy atom. The number of amides is 1. The van der Waals surface area contributed by atoms with E-state index >= 15 is 0 Å². The molecule has 0 radical (unpaired) electrons. The highest BCUT2D eigenvalue weighted by Crippen LogP contribution is 1.87. The first-order valence-corrected chi connectivity index (χ1v) is 4.33. The predicted octanol–water partition coefficient (Wildman–Crippen LogP) is -0.595. The van der Waals surface area contributed by atoms with Crippen LogP contribution in [0.5, 0.6) is 0 Å². The van der Waals surface area contributed by atoms with Crippen LogP contribution in [0.3, 0.4) is 0 Å². The summed E-state index contributed by atoms with van der Waals surface area (Å²) < 4.78 is 4.78. The van der Waals surface area contributed by atoms with Crippen LogP contribution >= 0.6 is 0 Å². The van der Waals surface area contributed by atoms with Gasteiger partial charge < -0.3 is 15.8 Å². The van der Waals surface area contributed by atoms with Gasteiger partial charge in [0.05, 0.1) is 13.2 Å². The summed E-state index contributed by atoms with van der Waals surface area (Å²) in [6, 6.07) is 0. The molecule has 0 aliphatic rings. The van der Waals surface area contributed by atoms with Gasteiger partial charge in [0.15, 0.2) is 0 Å². The zero-order valence-electron chi connectivity index (χ0n) is 7.84. The van der Waals surface area contributed by atoms with E-state index in [0.29, 0.717) is 6.61 Å². The van der Waals surface area contributed by atoms with E-state index in [0.717, 1.165) is 12.8 Å². The van der Waals surface area contributed by atoms with Crippen molar-refractivity contribution in [3.8, 4) is 0 Å². The minimum Gasteiger partial charge on any atom is -0.464 e. The van der Waals surface area contributed by atoms with E-state index in [-0.39, 0.29) is 19.0 Å². The lowest BCUT2D eigenvalue weighted by atomic mass is 10.4. The van der Waals surface area contributed by atoms with Gasteiger partial charge in [-0.05, 0) is 6.42 Å². The molecule has 3 N–H and O–H groups in total. The summed E-state index contributed by atoms with van der Waals surface area (Å²) in [5.41, 5.74) is 5.02. The number of rotatable bonds is 6. The lowest BCUT2D eigenvalue weighted by Crippen LogP contribution is -2.35. The molecule has 1 amide bonds. The maximum Gasteiger partial charge on any atom is 0.325 e. The van der Waals surface area contributed by atoms with Gasteiger partial charge in [-0.1, -0.05) is 13.3 Å². The number of hydrogen-bond acceptors (Lipinski definition) is 4. The zero-order chi connectivity index (χ0) is 10.1. The SMILES string of the molecule is CCCCOC(=O)CNC(=O)CN. The maximum absolute atomic E-state index is 10.9. The molecule has 5 heteroatoms. The van der Waals surface area contributed by atoms with Crippen LogP contribution in [0.15, 0.2) is 0 Å². The van der Waals surface area contributed by atoms with E-state index < -0.39 is 5.97 Å². The number of ether oxygens (including phenoxy) is 1. The van der Waals surface area contributed by atoms with Crippen LogP contribution in [0, 0.1) is 0 Å². The Bertz CT molecular complexity index is 171. The molecule has 0 saturated heterocycles. The Morgan fingerprint density at radius 1 is 1.46 bits per heavy atom. The van der Waals surface area contributed by atoms with E-state index in [1.807, 2.05) is 6.92 Å². The van der Waals surface area contributed by atoms with Crippen molar-refractivity contribution in [2.45, 2.75) is 19.8 Å². The molecular weight excluding hydrogens is 172 g/mol. The first-order valence-electron chi connectivity index (χ1n) is 4.33. The van der Waals surface area contributed by atoms with Crippen molar-refractivity contribution >= 4 is 11.9 Å². The van der Waals surface area contributed by atoms with Crippen LogP contribution in [0.25, 0.3) is 0 Å². The lowest BCUT2D eigenvalue weighted by molar-refractivity contribution is -0.143. The Labute approximate surface area is 77.6 Å². The summed E-state index contributed by atoms with van der Waals surface area (Å²) in [6.45, 7) is 2.21. The van der Waals surface area contributed by atoms with Crippen molar-refractivity contribution in [2.75, 3.05) is 19.7 Å². The highest BCUT2D eigenvalue weighted by molar-refractivity contribution is 5.82. The summed E-state index contributed by atoms with van der Waals surface area (Å²) in [7, 11) is 0. The molecule has 0 spiro atoms. The molecule has 0 aromatic carbocycles. The number of carbonyl (C=O) groups is 2. The molecule has 0 fully saturated rings. The van der Waals surface area contributed by atoms with Crippen molar-refractivity contribution < 1.29 is 14.3 Å². The number of carbonyl (C=O) groups excluding carboxylic acids is 2. The number of esters is 1. The third-order valence-electron chi connectivity index (χ3n) is 1.38. The Kier molecular flexibility index (Phi) is 6.91. The van der Waals surface area contributed by atoms with E-state index in [2.05, 4.69) is 5.32 Å². The molecule has 0 aromatic rings. The van der Waals surface area contributed by atoms with Crippen LogP contribution in [-0.4, -0.2) is 31.6 Å². The van der Waals surface area contributed by atoms with Gasteiger partial charge in [0.25, 0.3) is 0 Å². The minimum atomic E-state index is -0.421. The van der Waals surface area contributed by atoms with Gasteiger partial charge >= 0.3 is 5.97 Å². The third kappa shape index (κ3) is 7.27. The second kappa shape index (κ2) is 7.54. The molecular formula is C8H16N2O3. The van der Waals surface area contributed by atoms with Crippen molar-refractivity contribution in [3.63, 3.8) is 0 Å². The van der Waals surface area contributed by atoms with Crippen molar-refractivity contribution in [1.82, 2.24) is 5.32 Å². The van der Waals surface area contributed by atoms with Crippen molar-refractivity contribution in [1.29, 1.82) is 0 Å². The Hall–Kier alpha value is -1.10. The van der Waals surface area contributed by atoms with Gasteiger partial charge in [-0.25, -0.2) is 0 Å². The average Bonchev–Trinajstić information content (AvgIpc) is 2.14. The van der Waals surface area contributed by atoms with Crippen LogP contribution in [0.1, 0.15) is 19.8 Å². The zero-order valence-corrected chi connectivity index (χ0v) is 7.84. The van der Waals surface area contributed by atoms with Crippen LogP contribution in [0.4, 0.5) is 0 Å². The number of unbranched alkanes of at least 4 members (excludes halogenated alkanes) is 1. The molecule has 0 heterocycles. The fourth-order valence-corrected chi connectivity index (χ4v) is 0.624. The molecule has 76 valence electrons. The molecule has 0 aliphatic carbocycles. The summed E-state index contributed by atoms with van der Waals surface area (Å²) in [4.78, 5) is 21.5. The lowest BCUT2D eigenvalue weighted by Gasteiger charge is -2.04. The predicted molar refractivity (Wildman–Crippen MR) is 47.9 cm³/mol. The quantitative estimate of drug-likeness (QED) is 0.431. The standard InChI is InChI=1S/C8H16N2O3/c1-2-3-4-13-8(12)6-10-7(11)5-9/h2-6,9H2,1H3,(H,10,11). The molecule has 0 atom stereocenters. The van der Waals surface area contributed by atoms with Crippen LogP contribution in [0.2, 0.25) is 0 Å². The first kappa shape index (κ1) is 11.9. The molecule has 0 saturated carbocycles. The van der Waals surface area contributed by atoms with Crippen LogP contribution < -0.4 is 11.1 Å². The molecule has 0 rings (SSSR count). The van der Waals surface area contributed by atoms with E-state index in [1.165, 1.54) is 0 Å². The normalized spacial score (nSPS) is 9.38. The van der Waals surface area contributed by atoms with E-state index in [4.69, 9.17) is 10.5 Å². The first-order chi connectivity index (χ1) is 6.20. The number of hydrogen-bond donors (Lipinski definition) is 2. The summed E-state index contributed by atoms with van der Waals surface area (Å²) in [5, 5.41) is 2.32. The molecule has 0 aromatic heterocycles. The summed E-state index contributed by atoms with van der Waals surface area (Å²) >= 11 is 0. The van der Waals surface area contributed by atoms with Crippen LogP contribution in [-0.2, 0) is 14.3 Å². The second-order valence-corrected chi connectivity index (χ2v) is 2.55. The Balaban J connectivity index is 3.35. The maximum atomic E-state index is 10.9. The summed E-state index contributed by atoms with van der Waals surface area (Å²) in [6.07, 6.45) is 1.82. The van der Waals surface area contributed by atoms with Crippen molar-refractivity contribution in [2.24, 2.45) is 5.73 Å². The monoisotopic (exact) mass is 188 g/mol. The largest absolute Gasteiger partial charge is 0.464 e. The fraction of sp³-hybridized carbons (Fsp3) is 0.750. The highest BCUT2D eigenvalue weighted by Gasteiger charge is 2.03. The van der Waals surface area contributed by atoms with Gasteiger partial charge in [-0.2, -0.15) is 0 Å². The van der Waals surface area contributed by atoms with E-state index in [9.17, 15) is 9.59 Å². The fourth-order valence-electron chi connectivity index (χ4n) is 0.624. The minimum absolute atomic E-state index is 0.0975. The van der Waals surface area contributed by atoms with Crippen molar-refractivity contribution in [3.05, 3.63) is 0 Å². The molecule has 13 heavy (non-hydrogen) atoms. The van der Waals surface area contributed by atoms with Gasteiger partial charge in [0.2, 0.25) is 5.91 Å². The number of nitrogens with one attached hydrogen (secondary N) is 1. The molecule has 0 aliphatic heterocycles. The third-order valence-corrected chi connectivity index (χ3v) is 1.38. The Morgan fingerprint density at radius 2 is 2.15 bits per heavy atom. The summed E-state index contributed by atoms with van der Waals surface area (Å²) in [5.74, 6) is -0.775. The van der Waals surface area contributed by atoms with Gasteiger partial charge in [-0.15, -0.1) is 0 Å². The highest BCUT2D eigenvalue weighted by atomic mass is 16.5. The second-order valence-electron chi connectivity index (χ2n) is 2.55. The topological polar surface area (TPSA) is 81.4 Å². The average molecular weight is 188 g/mol. The number of nitrogens with two attached hydrogens (primary N) is 1. The van der Waals surface area contributed by atoms with Gasteiger partial charge in [0.1, 0.15) is 6.54 Å². The molecule has 0 unspecified atom stereocenters. The van der Waals surface area contributed by atoms with Gasteiger partial charge in [0, 0.05) is 0 Å². The van der Waals surface area contributed by atoms with Gasteiger partial charge in [-0.3, -0.25) is 9.59 Å². The molecule has 5 nitrogen and oxygen atoms in total. The molecule has 0 bridgehead atoms. The smallest absolute Gasteiger partial charge is 0.325 e. The van der Waals surface area contributed by atoms with E-state index in [1.54, 1.807) is 0 Å².